The molecule has 2 aromatic carbocycles. The Labute approximate surface area is 182 Å². The van der Waals surface area contributed by atoms with E-state index in [0.29, 0.717) is 11.8 Å². The van der Waals surface area contributed by atoms with E-state index in [4.69, 9.17) is 4.74 Å². The van der Waals surface area contributed by atoms with Crippen LogP contribution >= 0.6 is 11.8 Å². The van der Waals surface area contributed by atoms with Gasteiger partial charge in [-0.25, -0.2) is 0 Å². The minimum Gasteiger partial charge on any atom is -0.485 e. The number of aryl methyl sites for hydroxylation is 3. The van der Waals surface area contributed by atoms with E-state index in [9.17, 15) is 4.79 Å². The molecule has 0 spiro atoms. The summed E-state index contributed by atoms with van der Waals surface area (Å²) in [6, 6.07) is 14.0. The summed E-state index contributed by atoms with van der Waals surface area (Å²) < 4.78 is 8.01. The Morgan fingerprint density at radius 1 is 1.07 bits per heavy atom. The lowest BCUT2D eigenvalue weighted by Crippen LogP contribution is -2.15. The largest absolute Gasteiger partial charge is 0.485 e. The Bertz CT molecular complexity index is 1010. The van der Waals surface area contributed by atoms with Crippen LogP contribution in [0.3, 0.4) is 0 Å². The van der Waals surface area contributed by atoms with Gasteiger partial charge in [0.15, 0.2) is 11.0 Å². The van der Waals surface area contributed by atoms with E-state index < -0.39 is 0 Å². The van der Waals surface area contributed by atoms with Crippen LogP contribution < -0.4 is 10.1 Å². The molecule has 3 rings (SSSR count). The average molecular weight is 425 g/mol. The smallest absolute Gasteiger partial charge is 0.234 e. The Morgan fingerprint density at radius 3 is 2.43 bits per heavy atom. The number of thioether (sulfide) groups is 1. The lowest BCUT2D eigenvalue weighted by atomic mass is 10.1. The van der Waals surface area contributed by atoms with Crippen molar-refractivity contribution in [2.75, 3.05) is 11.1 Å². The molecule has 1 amide bonds. The zero-order valence-corrected chi connectivity index (χ0v) is 18.9. The second-order valence-electron chi connectivity index (χ2n) is 7.62. The third kappa shape index (κ3) is 5.63. The molecule has 0 aliphatic heterocycles. The van der Waals surface area contributed by atoms with Crippen molar-refractivity contribution in [2.45, 2.75) is 52.4 Å². The Kier molecular flexibility index (Phi) is 7.15. The number of anilines is 1. The van der Waals surface area contributed by atoms with E-state index in [1.807, 2.05) is 54.8 Å². The molecule has 0 aliphatic carbocycles. The summed E-state index contributed by atoms with van der Waals surface area (Å²) in [7, 11) is 0. The second kappa shape index (κ2) is 9.80. The van der Waals surface area contributed by atoms with Gasteiger partial charge in [-0.15, -0.1) is 10.2 Å². The summed E-state index contributed by atoms with van der Waals surface area (Å²) >= 11 is 1.38. The number of hydrogen-bond donors (Lipinski definition) is 1. The van der Waals surface area contributed by atoms with E-state index in [-0.39, 0.29) is 17.7 Å². The minimum absolute atomic E-state index is 0.0739. The molecule has 7 heteroatoms. The summed E-state index contributed by atoms with van der Waals surface area (Å²) in [5.41, 5.74) is 4.24. The monoisotopic (exact) mass is 424 g/mol. The normalized spacial score (nSPS) is 11.0. The standard InChI is InChI=1S/C23H28N4O2S/c1-15(2)27-21(13-29-20-11-8-17(4)12-18(20)5)25-26-23(27)30-14-22(28)24-19-9-6-16(3)7-10-19/h6-12,15H,13-14H2,1-5H3,(H,24,28). The van der Waals surface area contributed by atoms with Gasteiger partial charge < -0.3 is 14.6 Å². The topological polar surface area (TPSA) is 69.0 Å². The van der Waals surface area contributed by atoms with Crippen LogP contribution in [0, 0.1) is 20.8 Å². The molecule has 0 bridgehead atoms. The first-order valence-electron chi connectivity index (χ1n) is 9.96. The number of carbonyl (C=O) groups excluding carboxylic acids is 1. The SMILES string of the molecule is Cc1ccc(NC(=O)CSc2nnc(COc3ccc(C)cc3C)n2C(C)C)cc1. The molecule has 3 aromatic rings. The molecule has 0 unspecified atom stereocenters. The fourth-order valence-electron chi connectivity index (χ4n) is 3.09. The molecule has 0 radical (unpaired) electrons. The maximum Gasteiger partial charge on any atom is 0.234 e. The highest BCUT2D eigenvalue weighted by molar-refractivity contribution is 7.99. The molecular formula is C23H28N4O2S. The zero-order chi connectivity index (χ0) is 21.7. The van der Waals surface area contributed by atoms with Gasteiger partial charge in [0.05, 0.1) is 5.75 Å². The number of amides is 1. The first-order valence-corrected chi connectivity index (χ1v) is 10.9. The van der Waals surface area contributed by atoms with Crippen LogP contribution in [0.15, 0.2) is 47.6 Å². The quantitative estimate of drug-likeness (QED) is 0.510. The summed E-state index contributed by atoms with van der Waals surface area (Å²) in [4.78, 5) is 12.3. The van der Waals surface area contributed by atoms with Crippen LogP contribution in [0.2, 0.25) is 0 Å². The van der Waals surface area contributed by atoms with E-state index in [0.717, 1.165) is 28.4 Å². The highest BCUT2D eigenvalue weighted by atomic mass is 32.2. The lowest BCUT2D eigenvalue weighted by molar-refractivity contribution is -0.113. The van der Waals surface area contributed by atoms with Crippen LogP contribution in [0.1, 0.15) is 42.4 Å². The lowest BCUT2D eigenvalue weighted by Gasteiger charge is -2.15. The summed E-state index contributed by atoms with van der Waals surface area (Å²) in [6.45, 7) is 10.6. The fourth-order valence-corrected chi connectivity index (χ4v) is 3.98. The van der Waals surface area contributed by atoms with E-state index >= 15 is 0 Å². The van der Waals surface area contributed by atoms with Gasteiger partial charge in [0.1, 0.15) is 12.4 Å². The van der Waals surface area contributed by atoms with Crippen LogP contribution in [-0.2, 0) is 11.4 Å². The van der Waals surface area contributed by atoms with E-state index in [2.05, 4.69) is 42.4 Å². The molecule has 158 valence electrons. The molecule has 1 N–H and O–H groups in total. The number of rotatable bonds is 8. The Balaban J connectivity index is 1.63. The predicted octanol–water partition coefficient (Wildman–Crippen LogP) is 5.09. The third-order valence-corrected chi connectivity index (χ3v) is 5.55. The van der Waals surface area contributed by atoms with Gasteiger partial charge in [-0.2, -0.15) is 0 Å². The number of benzene rings is 2. The van der Waals surface area contributed by atoms with Crippen molar-refractivity contribution in [3.63, 3.8) is 0 Å². The molecule has 1 heterocycles. The maximum atomic E-state index is 12.3. The van der Waals surface area contributed by atoms with E-state index in [1.165, 1.54) is 17.3 Å². The number of hydrogen-bond acceptors (Lipinski definition) is 5. The van der Waals surface area contributed by atoms with Crippen molar-refractivity contribution in [2.24, 2.45) is 0 Å². The number of ether oxygens (including phenoxy) is 1. The van der Waals surface area contributed by atoms with Crippen molar-refractivity contribution in [1.82, 2.24) is 14.8 Å². The second-order valence-corrected chi connectivity index (χ2v) is 8.57. The van der Waals surface area contributed by atoms with Gasteiger partial charge in [0.25, 0.3) is 0 Å². The minimum atomic E-state index is -0.0739. The van der Waals surface area contributed by atoms with Gasteiger partial charge in [-0.05, 0) is 58.4 Å². The molecule has 0 saturated heterocycles. The van der Waals surface area contributed by atoms with Gasteiger partial charge in [-0.1, -0.05) is 47.2 Å². The molecule has 30 heavy (non-hydrogen) atoms. The zero-order valence-electron chi connectivity index (χ0n) is 18.1. The van der Waals surface area contributed by atoms with Gasteiger partial charge >= 0.3 is 0 Å². The number of carbonyl (C=O) groups is 1. The first kappa shape index (κ1) is 21.9. The van der Waals surface area contributed by atoms with Crippen LogP contribution in [0.25, 0.3) is 0 Å². The highest BCUT2D eigenvalue weighted by Crippen LogP contribution is 2.24. The van der Waals surface area contributed by atoms with Crippen molar-refractivity contribution >= 4 is 23.4 Å². The Morgan fingerprint density at radius 2 is 1.77 bits per heavy atom. The molecule has 1 aromatic heterocycles. The van der Waals surface area contributed by atoms with Crippen molar-refractivity contribution in [3.05, 3.63) is 65.0 Å². The summed E-state index contributed by atoms with van der Waals surface area (Å²) in [6.07, 6.45) is 0. The third-order valence-electron chi connectivity index (χ3n) is 4.61. The maximum absolute atomic E-state index is 12.3. The fraction of sp³-hybridized carbons (Fsp3) is 0.348. The van der Waals surface area contributed by atoms with Crippen LogP contribution in [0.4, 0.5) is 5.69 Å². The van der Waals surface area contributed by atoms with Crippen molar-refractivity contribution in [3.8, 4) is 5.75 Å². The molecule has 0 atom stereocenters. The van der Waals surface area contributed by atoms with E-state index in [1.54, 1.807) is 0 Å². The predicted molar refractivity (Wildman–Crippen MR) is 121 cm³/mol. The summed E-state index contributed by atoms with van der Waals surface area (Å²) in [5.74, 6) is 1.77. The molecule has 0 fully saturated rings. The summed E-state index contributed by atoms with van der Waals surface area (Å²) in [5, 5.41) is 12.2. The number of aromatic nitrogens is 3. The van der Waals surface area contributed by atoms with Crippen LogP contribution in [0.5, 0.6) is 5.75 Å². The number of nitrogens with one attached hydrogen (secondary N) is 1. The average Bonchev–Trinajstić information content (AvgIpc) is 3.11. The van der Waals surface area contributed by atoms with Gasteiger partial charge in [0.2, 0.25) is 5.91 Å². The molecule has 0 aliphatic rings. The van der Waals surface area contributed by atoms with Gasteiger partial charge in [0, 0.05) is 11.7 Å². The molecular weight excluding hydrogens is 396 g/mol. The number of nitrogens with zero attached hydrogens (tertiary/aromatic N) is 3. The Hall–Kier alpha value is -2.80. The van der Waals surface area contributed by atoms with Crippen molar-refractivity contribution in [1.29, 1.82) is 0 Å². The molecule has 6 nitrogen and oxygen atoms in total. The highest BCUT2D eigenvalue weighted by Gasteiger charge is 2.17. The van der Waals surface area contributed by atoms with Crippen molar-refractivity contribution < 1.29 is 9.53 Å². The molecule has 0 saturated carbocycles. The van der Waals surface area contributed by atoms with Gasteiger partial charge in [-0.3, -0.25) is 4.79 Å². The van der Waals surface area contributed by atoms with Crippen LogP contribution in [-0.4, -0.2) is 26.4 Å². The first-order chi connectivity index (χ1) is 14.3.